The van der Waals surface area contributed by atoms with Crippen LogP contribution in [0.15, 0.2) is 10.7 Å². The fourth-order valence-corrected chi connectivity index (χ4v) is 2.04. The number of carbonyl (C=O) groups is 1. The van der Waals surface area contributed by atoms with E-state index < -0.39 is 0 Å². The first-order valence-corrected chi connectivity index (χ1v) is 5.43. The molecule has 0 saturated carbocycles. The van der Waals surface area contributed by atoms with Crippen molar-refractivity contribution >= 4 is 5.91 Å². The lowest BCUT2D eigenvalue weighted by Gasteiger charge is -2.20. The van der Waals surface area contributed by atoms with Crippen LogP contribution in [0.1, 0.15) is 55.3 Å². The first-order chi connectivity index (χ1) is 7.02. The Hall–Kier alpha value is -1.25. The molecule has 3 heteroatoms. The van der Waals surface area contributed by atoms with E-state index in [-0.39, 0.29) is 11.9 Å². The third kappa shape index (κ3) is 1.46. The number of nitrogens with zero attached hydrogens (tertiary/aromatic N) is 1. The lowest BCUT2D eigenvalue weighted by Crippen LogP contribution is -2.31. The maximum Gasteiger partial charge on any atom is 0.258 e. The van der Waals surface area contributed by atoms with Gasteiger partial charge >= 0.3 is 0 Å². The number of hydrogen-bond acceptors (Lipinski definition) is 2. The van der Waals surface area contributed by atoms with E-state index in [2.05, 4.69) is 13.8 Å². The van der Waals surface area contributed by atoms with Crippen LogP contribution >= 0.6 is 0 Å². The Morgan fingerprint density at radius 1 is 1.33 bits per heavy atom. The van der Waals surface area contributed by atoms with Gasteiger partial charge in [0.2, 0.25) is 0 Å². The Morgan fingerprint density at radius 3 is 2.53 bits per heavy atom. The minimum Gasteiger partial charge on any atom is -0.468 e. The second-order valence-corrected chi connectivity index (χ2v) is 4.67. The summed E-state index contributed by atoms with van der Waals surface area (Å²) < 4.78 is 5.45. The Morgan fingerprint density at radius 2 is 2.00 bits per heavy atom. The topological polar surface area (TPSA) is 33.5 Å². The normalized spacial score (nSPS) is 15.6. The molecule has 1 aliphatic heterocycles. The average Bonchev–Trinajstić information content (AvgIpc) is 2.66. The van der Waals surface area contributed by atoms with Gasteiger partial charge in [-0.15, -0.1) is 0 Å². The summed E-state index contributed by atoms with van der Waals surface area (Å²) >= 11 is 0. The van der Waals surface area contributed by atoms with Crippen LogP contribution in [0.25, 0.3) is 0 Å². The van der Waals surface area contributed by atoms with Crippen molar-refractivity contribution in [3.05, 3.63) is 23.2 Å². The maximum atomic E-state index is 11.9. The van der Waals surface area contributed by atoms with Crippen molar-refractivity contribution in [2.75, 3.05) is 0 Å². The maximum absolute atomic E-state index is 11.9. The summed E-state index contributed by atoms with van der Waals surface area (Å²) in [6, 6.07) is 0.255. The molecule has 2 rings (SSSR count). The molecule has 82 valence electrons. The molecule has 0 N–H and O–H groups in total. The van der Waals surface area contributed by atoms with Crippen molar-refractivity contribution in [2.24, 2.45) is 0 Å². The predicted octanol–water partition coefficient (Wildman–Crippen LogP) is 2.77. The van der Waals surface area contributed by atoms with Gasteiger partial charge in [-0.05, 0) is 13.8 Å². The van der Waals surface area contributed by atoms with Gasteiger partial charge in [0.1, 0.15) is 12.0 Å². The van der Waals surface area contributed by atoms with Crippen molar-refractivity contribution in [1.82, 2.24) is 4.90 Å². The van der Waals surface area contributed by atoms with Crippen LogP contribution in [0.2, 0.25) is 0 Å². The van der Waals surface area contributed by atoms with Gasteiger partial charge in [-0.3, -0.25) is 4.79 Å². The summed E-state index contributed by atoms with van der Waals surface area (Å²) in [7, 11) is 0. The van der Waals surface area contributed by atoms with Crippen molar-refractivity contribution < 1.29 is 9.21 Å². The second kappa shape index (κ2) is 3.40. The van der Waals surface area contributed by atoms with E-state index in [1.165, 1.54) is 0 Å². The van der Waals surface area contributed by atoms with E-state index in [4.69, 9.17) is 4.42 Å². The lowest BCUT2D eigenvalue weighted by molar-refractivity contribution is 0.0726. The van der Waals surface area contributed by atoms with Crippen molar-refractivity contribution in [2.45, 2.75) is 46.2 Å². The molecule has 3 nitrogen and oxygen atoms in total. The Bertz CT molecular complexity index is 390. The molecule has 15 heavy (non-hydrogen) atoms. The van der Waals surface area contributed by atoms with E-state index in [1.54, 1.807) is 6.26 Å². The molecule has 0 radical (unpaired) electrons. The molecule has 0 atom stereocenters. The van der Waals surface area contributed by atoms with Crippen LogP contribution in [-0.2, 0) is 6.54 Å². The lowest BCUT2D eigenvalue weighted by atomic mass is 10.1. The summed E-state index contributed by atoms with van der Waals surface area (Å²) in [4.78, 5) is 13.8. The van der Waals surface area contributed by atoms with Crippen molar-refractivity contribution in [3.8, 4) is 0 Å². The van der Waals surface area contributed by atoms with E-state index in [0.717, 1.165) is 16.9 Å². The highest BCUT2D eigenvalue weighted by Gasteiger charge is 2.34. The summed E-state index contributed by atoms with van der Waals surface area (Å²) in [6.45, 7) is 8.95. The van der Waals surface area contributed by atoms with Crippen LogP contribution in [0, 0.1) is 0 Å². The molecular formula is C12H17NO2. The van der Waals surface area contributed by atoms with E-state index in [1.807, 2.05) is 18.7 Å². The SMILES string of the molecule is CC(C)c1occ2c1CN(C(C)C)C2=O. The zero-order chi connectivity index (χ0) is 11.2. The molecule has 1 aromatic rings. The highest BCUT2D eigenvalue weighted by molar-refractivity contribution is 5.98. The number of fused-ring (bicyclic) bond motifs is 1. The molecule has 0 bridgehead atoms. The standard InChI is InChI=1S/C12H17NO2/c1-7(2)11-9-5-13(8(3)4)12(14)10(9)6-15-11/h6-8H,5H2,1-4H3. The number of rotatable bonds is 2. The van der Waals surface area contributed by atoms with Gasteiger partial charge in [0, 0.05) is 17.5 Å². The quantitative estimate of drug-likeness (QED) is 0.747. The van der Waals surface area contributed by atoms with Crippen molar-refractivity contribution in [3.63, 3.8) is 0 Å². The summed E-state index contributed by atoms with van der Waals surface area (Å²) in [6.07, 6.45) is 1.61. The summed E-state index contributed by atoms with van der Waals surface area (Å²) in [5.41, 5.74) is 1.84. The molecule has 0 saturated heterocycles. The monoisotopic (exact) mass is 207 g/mol. The Labute approximate surface area is 90.1 Å². The largest absolute Gasteiger partial charge is 0.468 e. The highest BCUT2D eigenvalue weighted by atomic mass is 16.3. The predicted molar refractivity (Wildman–Crippen MR) is 57.8 cm³/mol. The fraction of sp³-hybridized carbons (Fsp3) is 0.583. The first kappa shape index (κ1) is 10.3. The van der Waals surface area contributed by atoms with E-state index in [9.17, 15) is 4.79 Å². The number of amides is 1. The molecule has 0 aromatic carbocycles. The summed E-state index contributed by atoms with van der Waals surface area (Å²) in [5.74, 6) is 1.41. The molecule has 1 amide bonds. The minimum atomic E-state index is 0.107. The summed E-state index contributed by atoms with van der Waals surface area (Å²) in [5, 5.41) is 0. The fourth-order valence-electron chi connectivity index (χ4n) is 2.04. The second-order valence-electron chi connectivity index (χ2n) is 4.67. The van der Waals surface area contributed by atoms with Gasteiger partial charge in [0.25, 0.3) is 5.91 Å². The van der Waals surface area contributed by atoms with Gasteiger partial charge in [-0.25, -0.2) is 0 Å². The molecule has 0 spiro atoms. The molecule has 1 aromatic heterocycles. The molecule has 1 aliphatic rings. The van der Waals surface area contributed by atoms with Gasteiger partial charge in [-0.2, -0.15) is 0 Å². The van der Waals surface area contributed by atoms with Gasteiger partial charge in [0.15, 0.2) is 0 Å². The third-order valence-electron chi connectivity index (χ3n) is 2.89. The Kier molecular flexibility index (Phi) is 2.33. The molecule has 0 fully saturated rings. The number of carbonyl (C=O) groups excluding carboxylic acids is 1. The molecule has 0 aliphatic carbocycles. The average molecular weight is 207 g/mol. The third-order valence-corrected chi connectivity index (χ3v) is 2.89. The Balaban J connectivity index is 2.38. The van der Waals surface area contributed by atoms with Gasteiger partial charge in [-0.1, -0.05) is 13.8 Å². The van der Waals surface area contributed by atoms with Gasteiger partial charge < -0.3 is 9.32 Å². The van der Waals surface area contributed by atoms with Crippen LogP contribution in [0.5, 0.6) is 0 Å². The molecule has 0 unspecified atom stereocenters. The zero-order valence-corrected chi connectivity index (χ0v) is 9.70. The number of furan rings is 1. The van der Waals surface area contributed by atoms with Gasteiger partial charge in [0.05, 0.1) is 12.1 Å². The van der Waals surface area contributed by atoms with Crippen LogP contribution < -0.4 is 0 Å². The van der Waals surface area contributed by atoms with Crippen LogP contribution in [0.4, 0.5) is 0 Å². The van der Waals surface area contributed by atoms with Crippen LogP contribution in [-0.4, -0.2) is 16.8 Å². The van der Waals surface area contributed by atoms with Crippen molar-refractivity contribution in [1.29, 1.82) is 0 Å². The van der Waals surface area contributed by atoms with Crippen LogP contribution in [0.3, 0.4) is 0 Å². The molecular weight excluding hydrogens is 190 g/mol. The van der Waals surface area contributed by atoms with E-state index in [0.29, 0.717) is 12.5 Å². The first-order valence-electron chi connectivity index (χ1n) is 5.43. The molecule has 2 heterocycles. The minimum absolute atomic E-state index is 0.107. The highest BCUT2D eigenvalue weighted by Crippen LogP contribution is 2.32. The zero-order valence-electron chi connectivity index (χ0n) is 9.70. The number of hydrogen-bond donors (Lipinski definition) is 0. The van der Waals surface area contributed by atoms with E-state index >= 15 is 0 Å². The smallest absolute Gasteiger partial charge is 0.258 e.